The number of hydrogen-bond acceptors (Lipinski definition) is 3. The van der Waals surface area contributed by atoms with Crippen LogP contribution in [0.15, 0.2) is 0 Å². The minimum absolute atomic E-state index is 0.0747. The summed E-state index contributed by atoms with van der Waals surface area (Å²) in [5.41, 5.74) is 6.00. The molecule has 0 spiro atoms. The Balaban J connectivity index is 2.06. The van der Waals surface area contributed by atoms with Crippen molar-refractivity contribution in [3.63, 3.8) is 0 Å². The third-order valence-electron chi connectivity index (χ3n) is 4.51. The summed E-state index contributed by atoms with van der Waals surface area (Å²) in [5.74, 6) is 0.871. The summed E-state index contributed by atoms with van der Waals surface area (Å²) in [6, 6.07) is 0.947. The highest BCUT2D eigenvalue weighted by Gasteiger charge is 2.37. The maximum Gasteiger partial charge on any atom is 0.0601 e. The molecule has 16 heavy (non-hydrogen) atoms. The zero-order valence-corrected chi connectivity index (χ0v) is 10.4. The summed E-state index contributed by atoms with van der Waals surface area (Å²) in [6.45, 7) is 3.36. The Hall–Kier alpha value is -0.120. The van der Waals surface area contributed by atoms with Gasteiger partial charge in [0.15, 0.2) is 0 Å². The second kappa shape index (κ2) is 5.48. The van der Waals surface area contributed by atoms with Crippen LogP contribution in [0, 0.1) is 5.92 Å². The molecule has 0 aromatic heterocycles. The molecular weight excluding hydrogens is 200 g/mol. The Morgan fingerprint density at radius 3 is 2.62 bits per heavy atom. The number of nitrogens with two attached hydrogens (primary N) is 1. The molecule has 94 valence electrons. The quantitative estimate of drug-likeness (QED) is 0.764. The first-order valence-corrected chi connectivity index (χ1v) is 6.86. The second-order valence-electron chi connectivity index (χ2n) is 5.60. The van der Waals surface area contributed by atoms with Gasteiger partial charge in [-0.3, -0.25) is 4.90 Å². The fraction of sp³-hybridized carbons (Fsp3) is 1.00. The van der Waals surface area contributed by atoms with Gasteiger partial charge in [-0.05, 0) is 45.1 Å². The highest BCUT2D eigenvalue weighted by atomic mass is 16.3. The maximum absolute atomic E-state index is 9.52. The third-order valence-corrected chi connectivity index (χ3v) is 4.51. The predicted molar refractivity (Wildman–Crippen MR) is 66.2 cm³/mol. The molecule has 0 amide bonds. The van der Waals surface area contributed by atoms with Crippen LogP contribution in [0.4, 0.5) is 0 Å². The average molecular weight is 226 g/mol. The van der Waals surface area contributed by atoms with Gasteiger partial charge in [0.05, 0.1) is 6.61 Å². The van der Waals surface area contributed by atoms with Gasteiger partial charge in [0, 0.05) is 18.1 Å². The zero-order chi connectivity index (χ0) is 11.5. The summed E-state index contributed by atoms with van der Waals surface area (Å²) < 4.78 is 0. The van der Waals surface area contributed by atoms with Gasteiger partial charge in [-0.2, -0.15) is 0 Å². The van der Waals surface area contributed by atoms with E-state index in [4.69, 9.17) is 5.73 Å². The Morgan fingerprint density at radius 2 is 1.94 bits per heavy atom. The third kappa shape index (κ3) is 2.41. The van der Waals surface area contributed by atoms with Crippen LogP contribution in [0.1, 0.15) is 45.4 Å². The number of likely N-dealkylation sites (tertiary alicyclic amines) is 1. The SMILES string of the molecule is CC(N)C(CO)N1CCCC2CCCCC21. The van der Waals surface area contributed by atoms with Gasteiger partial charge in [-0.15, -0.1) is 0 Å². The average Bonchev–Trinajstić information content (AvgIpc) is 2.30. The van der Waals surface area contributed by atoms with Crippen molar-refractivity contribution >= 4 is 0 Å². The highest BCUT2D eigenvalue weighted by Crippen LogP contribution is 2.36. The molecule has 3 N–H and O–H groups in total. The van der Waals surface area contributed by atoms with Crippen LogP contribution < -0.4 is 5.73 Å². The molecule has 1 aliphatic carbocycles. The molecule has 0 aromatic carbocycles. The number of piperidine rings is 1. The van der Waals surface area contributed by atoms with E-state index < -0.39 is 0 Å². The van der Waals surface area contributed by atoms with Gasteiger partial charge in [-0.25, -0.2) is 0 Å². The van der Waals surface area contributed by atoms with Crippen LogP contribution in [-0.2, 0) is 0 Å². The lowest BCUT2D eigenvalue weighted by Gasteiger charge is -2.48. The van der Waals surface area contributed by atoms with E-state index in [1.165, 1.54) is 38.5 Å². The largest absolute Gasteiger partial charge is 0.395 e. The highest BCUT2D eigenvalue weighted by molar-refractivity contribution is 4.92. The van der Waals surface area contributed by atoms with E-state index >= 15 is 0 Å². The van der Waals surface area contributed by atoms with Crippen molar-refractivity contribution < 1.29 is 5.11 Å². The zero-order valence-electron chi connectivity index (χ0n) is 10.4. The van der Waals surface area contributed by atoms with E-state index in [0.717, 1.165) is 12.5 Å². The number of nitrogens with zero attached hydrogens (tertiary/aromatic N) is 1. The van der Waals surface area contributed by atoms with Crippen molar-refractivity contribution in [1.29, 1.82) is 0 Å². The minimum Gasteiger partial charge on any atom is -0.395 e. The van der Waals surface area contributed by atoms with E-state index in [9.17, 15) is 5.11 Å². The van der Waals surface area contributed by atoms with Crippen molar-refractivity contribution in [3.05, 3.63) is 0 Å². The van der Waals surface area contributed by atoms with Gasteiger partial charge < -0.3 is 10.8 Å². The number of hydrogen-bond donors (Lipinski definition) is 2. The molecule has 1 saturated carbocycles. The van der Waals surface area contributed by atoms with Gasteiger partial charge in [-0.1, -0.05) is 12.8 Å². The number of aliphatic hydroxyl groups excluding tert-OH is 1. The fourth-order valence-corrected chi connectivity index (χ4v) is 3.65. The summed E-state index contributed by atoms with van der Waals surface area (Å²) in [6.07, 6.45) is 8.13. The van der Waals surface area contributed by atoms with Crippen molar-refractivity contribution in [2.24, 2.45) is 11.7 Å². The normalized spacial score (nSPS) is 35.4. The molecule has 0 radical (unpaired) electrons. The number of aliphatic hydroxyl groups is 1. The first-order valence-electron chi connectivity index (χ1n) is 6.86. The molecular formula is C13H26N2O. The van der Waals surface area contributed by atoms with Crippen molar-refractivity contribution in [3.8, 4) is 0 Å². The first-order chi connectivity index (χ1) is 7.74. The van der Waals surface area contributed by atoms with Gasteiger partial charge in [0.25, 0.3) is 0 Å². The number of fused-ring (bicyclic) bond motifs is 1. The molecule has 2 fully saturated rings. The molecule has 0 aromatic rings. The van der Waals surface area contributed by atoms with Crippen LogP contribution in [0.25, 0.3) is 0 Å². The molecule has 2 rings (SSSR count). The summed E-state index contributed by atoms with van der Waals surface area (Å²) in [5, 5.41) is 9.52. The monoisotopic (exact) mass is 226 g/mol. The lowest BCUT2D eigenvalue weighted by Crippen LogP contribution is -2.57. The topological polar surface area (TPSA) is 49.5 Å². The summed E-state index contributed by atoms with van der Waals surface area (Å²) in [7, 11) is 0. The second-order valence-corrected chi connectivity index (χ2v) is 5.60. The van der Waals surface area contributed by atoms with Crippen molar-refractivity contribution in [2.75, 3.05) is 13.2 Å². The van der Waals surface area contributed by atoms with E-state index in [1.807, 2.05) is 6.92 Å². The standard InChI is InChI=1S/C13H26N2O/c1-10(14)13(9-16)15-8-4-6-11-5-2-3-7-12(11)15/h10-13,16H,2-9,14H2,1H3. The fourth-order valence-electron chi connectivity index (χ4n) is 3.65. The smallest absolute Gasteiger partial charge is 0.0601 e. The summed E-state index contributed by atoms with van der Waals surface area (Å²) >= 11 is 0. The first kappa shape index (κ1) is 12.3. The molecule has 3 nitrogen and oxygen atoms in total. The van der Waals surface area contributed by atoms with Crippen LogP contribution in [0.2, 0.25) is 0 Å². The Bertz CT molecular complexity index is 218. The van der Waals surface area contributed by atoms with Gasteiger partial charge in [0.1, 0.15) is 0 Å². The molecule has 1 heterocycles. The molecule has 1 saturated heterocycles. The number of rotatable bonds is 3. The van der Waals surface area contributed by atoms with E-state index in [-0.39, 0.29) is 18.7 Å². The van der Waals surface area contributed by atoms with Crippen LogP contribution >= 0.6 is 0 Å². The Kier molecular flexibility index (Phi) is 4.22. The molecule has 1 aliphatic heterocycles. The van der Waals surface area contributed by atoms with Crippen LogP contribution in [0.3, 0.4) is 0 Å². The Morgan fingerprint density at radius 1 is 1.25 bits per heavy atom. The molecule has 4 unspecified atom stereocenters. The molecule has 2 aliphatic rings. The van der Waals surface area contributed by atoms with Gasteiger partial charge in [0.2, 0.25) is 0 Å². The summed E-state index contributed by atoms with van der Waals surface area (Å²) in [4.78, 5) is 2.51. The van der Waals surface area contributed by atoms with E-state index in [2.05, 4.69) is 4.90 Å². The van der Waals surface area contributed by atoms with Crippen molar-refractivity contribution in [1.82, 2.24) is 4.90 Å². The maximum atomic E-state index is 9.52. The van der Waals surface area contributed by atoms with Gasteiger partial charge >= 0.3 is 0 Å². The predicted octanol–water partition coefficient (Wildman–Crippen LogP) is 1.35. The molecule has 0 bridgehead atoms. The molecule has 4 atom stereocenters. The lowest BCUT2D eigenvalue weighted by atomic mass is 9.77. The molecule has 3 heteroatoms. The van der Waals surface area contributed by atoms with E-state index in [0.29, 0.717) is 6.04 Å². The minimum atomic E-state index is 0.0747. The van der Waals surface area contributed by atoms with Crippen LogP contribution in [0.5, 0.6) is 0 Å². The lowest BCUT2D eigenvalue weighted by molar-refractivity contribution is -0.00183. The van der Waals surface area contributed by atoms with E-state index in [1.54, 1.807) is 0 Å². The Labute approximate surface area is 99.0 Å². The van der Waals surface area contributed by atoms with Crippen molar-refractivity contribution in [2.45, 2.75) is 63.6 Å². The van der Waals surface area contributed by atoms with Crippen LogP contribution in [-0.4, -0.2) is 41.3 Å².